The SMILES string of the molecule is CCOC(=O)C1CCC(Oc2ccccc2)CC1. The maximum Gasteiger partial charge on any atom is 0.308 e. The van der Waals surface area contributed by atoms with Gasteiger partial charge in [-0.25, -0.2) is 0 Å². The fraction of sp³-hybridized carbons (Fsp3) is 0.533. The third kappa shape index (κ3) is 3.49. The van der Waals surface area contributed by atoms with Crippen LogP contribution >= 0.6 is 0 Å². The summed E-state index contributed by atoms with van der Waals surface area (Å²) in [5, 5.41) is 0. The number of carbonyl (C=O) groups is 1. The van der Waals surface area contributed by atoms with Gasteiger partial charge in [0, 0.05) is 0 Å². The zero-order chi connectivity index (χ0) is 12.8. The Hall–Kier alpha value is -1.51. The van der Waals surface area contributed by atoms with E-state index < -0.39 is 0 Å². The molecule has 0 heterocycles. The van der Waals surface area contributed by atoms with Crippen molar-refractivity contribution in [1.82, 2.24) is 0 Å². The summed E-state index contributed by atoms with van der Waals surface area (Å²) in [6.07, 6.45) is 3.83. The predicted octanol–water partition coefficient (Wildman–Crippen LogP) is 3.19. The van der Waals surface area contributed by atoms with Crippen molar-refractivity contribution in [1.29, 1.82) is 0 Å². The van der Waals surface area contributed by atoms with E-state index in [9.17, 15) is 4.79 Å². The summed E-state index contributed by atoms with van der Waals surface area (Å²) in [4.78, 5) is 11.6. The second kappa shape index (κ2) is 6.43. The molecule has 0 atom stereocenters. The van der Waals surface area contributed by atoms with Gasteiger partial charge >= 0.3 is 5.97 Å². The Bertz CT molecular complexity index is 367. The normalized spacial score (nSPS) is 23.4. The molecule has 1 aromatic carbocycles. The van der Waals surface area contributed by atoms with E-state index >= 15 is 0 Å². The van der Waals surface area contributed by atoms with Crippen LogP contribution in [-0.4, -0.2) is 18.7 Å². The Morgan fingerprint density at radius 2 is 1.83 bits per heavy atom. The third-order valence-electron chi connectivity index (χ3n) is 3.34. The number of carbonyl (C=O) groups excluding carboxylic acids is 1. The first-order valence-corrected chi connectivity index (χ1v) is 6.68. The summed E-state index contributed by atoms with van der Waals surface area (Å²) < 4.78 is 10.9. The van der Waals surface area contributed by atoms with Crippen LogP contribution in [-0.2, 0) is 9.53 Å². The fourth-order valence-electron chi connectivity index (χ4n) is 2.37. The van der Waals surface area contributed by atoms with Gasteiger partial charge in [-0.1, -0.05) is 18.2 Å². The lowest BCUT2D eigenvalue weighted by Gasteiger charge is -2.27. The first-order valence-electron chi connectivity index (χ1n) is 6.68. The van der Waals surface area contributed by atoms with E-state index in [0.29, 0.717) is 6.61 Å². The molecular formula is C15H20O3. The molecule has 1 saturated carbocycles. The van der Waals surface area contributed by atoms with E-state index in [1.807, 2.05) is 37.3 Å². The first-order chi connectivity index (χ1) is 8.79. The molecule has 2 rings (SSSR count). The molecule has 1 aliphatic rings. The van der Waals surface area contributed by atoms with Crippen molar-refractivity contribution >= 4 is 5.97 Å². The highest BCUT2D eigenvalue weighted by molar-refractivity contribution is 5.72. The van der Waals surface area contributed by atoms with Crippen LogP contribution in [0.3, 0.4) is 0 Å². The van der Waals surface area contributed by atoms with E-state index in [2.05, 4.69) is 0 Å². The van der Waals surface area contributed by atoms with Gasteiger partial charge in [0.05, 0.1) is 18.6 Å². The maximum absolute atomic E-state index is 11.6. The number of benzene rings is 1. The Morgan fingerprint density at radius 3 is 2.44 bits per heavy atom. The molecule has 1 fully saturated rings. The molecule has 0 aliphatic heterocycles. The van der Waals surface area contributed by atoms with Gasteiger partial charge in [-0.3, -0.25) is 4.79 Å². The molecule has 0 aromatic heterocycles. The molecule has 1 aromatic rings. The van der Waals surface area contributed by atoms with Crippen molar-refractivity contribution in [3.05, 3.63) is 30.3 Å². The summed E-state index contributed by atoms with van der Waals surface area (Å²) in [6.45, 7) is 2.32. The second-order valence-electron chi connectivity index (χ2n) is 4.66. The highest BCUT2D eigenvalue weighted by atomic mass is 16.5. The largest absolute Gasteiger partial charge is 0.490 e. The molecule has 0 spiro atoms. The molecule has 0 bridgehead atoms. The van der Waals surface area contributed by atoms with Crippen LogP contribution in [0.25, 0.3) is 0 Å². The van der Waals surface area contributed by atoms with Crippen LogP contribution < -0.4 is 4.74 Å². The van der Waals surface area contributed by atoms with E-state index in [0.717, 1.165) is 31.4 Å². The predicted molar refractivity (Wildman–Crippen MR) is 69.4 cm³/mol. The van der Waals surface area contributed by atoms with Gasteiger partial charge in [0.15, 0.2) is 0 Å². The summed E-state index contributed by atoms with van der Waals surface area (Å²) in [5.41, 5.74) is 0. The van der Waals surface area contributed by atoms with Crippen LogP contribution in [0, 0.1) is 5.92 Å². The van der Waals surface area contributed by atoms with Gasteiger partial charge in [0.25, 0.3) is 0 Å². The summed E-state index contributed by atoms with van der Waals surface area (Å²) in [6, 6.07) is 9.86. The van der Waals surface area contributed by atoms with Crippen LogP contribution in [0.15, 0.2) is 30.3 Å². The molecule has 3 heteroatoms. The maximum atomic E-state index is 11.6. The second-order valence-corrected chi connectivity index (χ2v) is 4.66. The first kappa shape index (κ1) is 12.9. The topological polar surface area (TPSA) is 35.5 Å². The molecule has 18 heavy (non-hydrogen) atoms. The molecule has 98 valence electrons. The lowest BCUT2D eigenvalue weighted by molar-refractivity contribution is -0.149. The highest BCUT2D eigenvalue weighted by Crippen LogP contribution is 2.28. The number of esters is 1. The lowest BCUT2D eigenvalue weighted by atomic mass is 9.87. The lowest BCUT2D eigenvalue weighted by Crippen LogP contribution is -2.29. The Morgan fingerprint density at radius 1 is 1.17 bits per heavy atom. The molecular weight excluding hydrogens is 228 g/mol. The van der Waals surface area contributed by atoms with Crippen molar-refractivity contribution in [2.24, 2.45) is 5.92 Å². The van der Waals surface area contributed by atoms with Crippen LogP contribution in [0.2, 0.25) is 0 Å². The van der Waals surface area contributed by atoms with E-state index in [-0.39, 0.29) is 18.0 Å². The Labute approximate surface area is 108 Å². The Kier molecular flexibility index (Phi) is 4.62. The van der Waals surface area contributed by atoms with Gasteiger partial charge in [0.1, 0.15) is 5.75 Å². The number of hydrogen-bond acceptors (Lipinski definition) is 3. The van der Waals surface area contributed by atoms with Crippen molar-refractivity contribution in [2.45, 2.75) is 38.7 Å². The van der Waals surface area contributed by atoms with Gasteiger partial charge in [-0.05, 0) is 44.7 Å². The van der Waals surface area contributed by atoms with Gasteiger partial charge < -0.3 is 9.47 Å². The van der Waals surface area contributed by atoms with Gasteiger partial charge in [0.2, 0.25) is 0 Å². The average molecular weight is 248 g/mol. The fourth-order valence-corrected chi connectivity index (χ4v) is 2.37. The molecule has 0 radical (unpaired) electrons. The van der Waals surface area contributed by atoms with Crippen molar-refractivity contribution in [3.63, 3.8) is 0 Å². The standard InChI is InChI=1S/C15H20O3/c1-2-17-15(16)12-8-10-14(11-9-12)18-13-6-4-3-5-7-13/h3-7,12,14H,2,8-11H2,1H3. The summed E-state index contributed by atoms with van der Waals surface area (Å²) >= 11 is 0. The molecule has 0 amide bonds. The molecule has 3 nitrogen and oxygen atoms in total. The van der Waals surface area contributed by atoms with Gasteiger partial charge in [-0.15, -0.1) is 0 Å². The highest BCUT2D eigenvalue weighted by Gasteiger charge is 2.28. The molecule has 0 N–H and O–H groups in total. The average Bonchev–Trinajstić information content (AvgIpc) is 2.41. The number of ether oxygens (including phenoxy) is 2. The van der Waals surface area contributed by atoms with Crippen LogP contribution in [0.5, 0.6) is 5.75 Å². The monoisotopic (exact) mass is 248 g/mol. The van der Waals surface area contributed by atoms with Crippen LogP contribution in [0.1, 0.15) is 32.6 Å². The third-order valence-corrected chi connectivity index (χ3v) is 3.34. The number of hydrogen-bond donors (Lipinski definition) is 0. The molecule has 1 aliphatic carbocycles. The zero-order valence-electron chi connectivity index (χ0n) is 10.8. The van der Waals surface area contributed by atoms with Crippen molar-refractivity contribution in [2.75, 3.05) is 6.61 Å². The summed E-state index contributed by atoms with van der Waals surface area (Å²) in [5.74, 6) is 0.938. The minimum Gasteiger partial charge on any atom is -0.490 e. The minimum absolute atomic E-state index is 0.0457. The zero-order valence-corrected chi connectivity index (χ0v) is 10.8. The van der Waals surface area contributed by atoms with Crippen LogP contribution in [0.4, 0.5) is 0 Å². The van der Waals surface area contributed by atoms with Crippen molar-refractivity contribution < 1.29 is 14.3 Å². The van der Waals surface area contributed by atoms with Crippen molar-refractivity contribution in [3.8, 4) is 5.75 Å². The van der Waals surface area contributed by atoms with E-state index in [1.165, 1.54) is 0 Å². The number of para-hydroxylation sites is 1. The smallest absolute Gasteiger partial charge is 0.308 e. The van der Waals surface area contributed by atoms with E-state index in [1.54, 1.807) is 0 Å². The number of rotatable bonds is 4. The minimum atomic E-state index is -0.0457. The van der Waals surface area contributed by atoms with Gasteiger partial charge in [-0.2, -0.15) is 0 Å². The molecule has 0 saturated heterocycles. The quantitative estimate of drug-likeness (QED) is 0.768. The summed E-state index contributed by atoms with van der Waals surface area (Å²) in [7, 11) is 0. The van der Waals surface area contributed by atoms with E-state index in [4.69, 9.17) is 9.47 Å². The Balaban J connectivity index is 1.78. The molecule has 0 unspecified atom stereocenters.